The number of ether oxygens (including phenoxy) is 1. The maximum absolute atomic E-state index is 11.5. The Labute approximate surface area is 104 Å². The van der Waals surface area contributed by atoms with Gasteiger partial charge in [-0.3, -0.25) is 0 Å². The normalized spacial score (nSPS) is 10.3. The minimum Gasteiger partial charge on any atom is -0.462 e. The molecule has 0 amide bonds. The Balaban J connectivity index is 2.32. The molecule has 18 heavy (non-hydrogen) atoms. The highest BCUT2D eigenvalue weighted by Crippen LogP contribution is 2.09. The summed E-state index contributed by atoms with van der Waals surface area (Å²) in [6, 6.07) is 1.58. The molecule has 2 N–H and O–H groups in total. The van der Waals surface area contributed by atoms with Crippen LogP contribution >= 0.6 is 0 Å². The number of carbonyl (C=O) groups is 1. The van der Waals surface area contributed by atoms with Crippen LogP contribution in [0.3, 0.4) is 0 Å². The Morgan fingerprint density at radius 3 is 2.94 bits per heavy atom. The number of aromatic nitrogens is 4. The van der Waals surface area contributed by atoms with E-state index in [1.807, 2.05) is 0 Å². The number of esters is 1. The Hall–Kier alpha value is -2.44. The number of nitrogen functional groups attached to an aromatic ring is 1. The quantitative estimate of drug-likeness (QED) is 0.803. The fourth-order valence-electron chi connectivity index (χ4n) is 1.46. The second-order valence-corrected chi connectivity index (χ2v) is 3.59. The molecular formula is C11H13N5O2. The summed E-state index contributed by atoms with van der Waals surface area (Å²) in [6.07, 6.45) is 2.96. The Kier molecular flexibility index (Phi) is 3.22. The maximum atomic E-state index is 11.5. The highest BCUT2D eigenvalue weighted by Gasteiger charge is 2.11. The highest BCUT2D eigenvalue weighted by atomic mass is 16.5. The Morgan fingerprint density at radius 1 is 1.50 bits per heavy atom. The van der Waals surface area contributed by atoms with Crippen molar-refractivity contribution in [3.63, 3.8) is 0 Å². The van der Waals surface area contributed by atoms with Crippen LogP contribution in [0.4, 0.5) is 5.82 Å². The number of nitrogens with zero attached hydrogens (tertiary/aromatic N) is 4. The molecule has 0 radical (unpaired) electrons. The van der Waals surface area contributed by atoms with Crippen LogP contribution in [0, 0.1) is 6.92 Å². The molecule has 2 rings (SSSR count). The van der Waals surface area contributed by atoms with Gasteiger partial charge in [0.1, 0.15) is 11.6 Å². The highest BCUT2D eigenvalue weighted by molar-refractivity contribution is 5.88. The number of hydrogen-bond acceptors (Lipinski definition) is 6. The standard InChI is InChI=1S/C11H13N5O2/c1-3-18-11(17)8-5-13-16(6-8)10-4-9(12)14-7(2)15-10/h4-6H,3H2,1-2H3,(H2,12,14,15). The van der Waals surface area contributed by atoms with Gasteiger partial charge in [-0.1, -0.05) is 0 Å². The van der Waals surface area contributed by atoms with Gasteiger partial charge in [0, 0.05) is 12.3 Å². The summed E-state index contributed by atoms with van der Waals surface area (Å²) < 4.78 is 6.33. The summed E-state index contributed by atoms with van der Waals surface area (Å²) in [5, 5.41) is 4.04. The molecular weight excluding hydrogens is 234 g/mol. The fourth-order valence-corrected chi connectivity index (χ4v) is 1.46. The van der Waals surface area contributed by atoms with Crippen LogP contribution in [-0.2, 0) is 4.74 Å². The van der Waals surface area contributed by atoms with Gasteiger partial charge >= 0.3 is 5.97 Å². The summed E-state index contributed by atoms with van der Waals surface area (Å²) in [5.74, 6) is 0.988. The number of carbonyl (C=O) groups excluding carboxylic acids is 1. The lowest BCUT2D eigenvalue weighted by Gasteiger charge is -2.02. The van der Waals surface area contributed by atoms with E-state index in [4.69, 9.17) is 10.5 Å². The van der Waals surface area contributed by atoms with Crippen molar-refractivity contribution < 1.29 is 9.53 Å². The second kappa shape index (κ2) is 4.82. The van der Waals surface area contributed by atoms with Crippen LogP contribution in [0.1, 0.15) is 23.1 Å². The third-order valence-corrected chi connectivity index (χ3v) is 2.17. The van der Waals surface area contributed by atoms with Crippen molar-refractivity contribution in [1.29, 1.82) is 0 Å². The first-order valence-corrected chi connectivity index (χ1v) is 5.43. The summed E-state index contributed by atoms with van der Waals surface area (Å²) in [4.78, 5) is 19.6. The average molecular weight is 247 g/mol. The van der Waals surface area contributed by atoms with Crippen LogP contribution in [0.15, 0.2) is 18.5 Å². The predicted molar refractivity (Wildman–Crippen MR) is 64.3 cm³/mol. The van der Waals surface area contributed by atoms with Crippen molar-refractivity contribution in [2.24, 2.45) is 0 Å². The van der Waals surface area contributed by atoms with Gasteiger partial charge < -0.3 is 10.5 Å². The van der Waals surface area contributed by atoms with E-state index in [0.717, 1.165) is 0 Å². The number of rotatable bonds is 3. The summed E-state index contributed by atoms with van der Waals surface area (Å²) in [7, 11) is 0. The minimum atomic E-state index is -0.414. The van der Waals surface area contributed by atoms with Crippen molar-refractivity contribution in [3.8, 4) is 5.82 Å². The van der Waals surface area contributed by atoms with E-state index in [1.54, 1.807) is 26.1 Å². The summed E-state index contributed by atoms with van der Waals surface area (Å²) in [5.41, 5.74) is 5.99. The van der Waals surface area contributed by atoms with Crippen LogP contribution in [0.5, 0.6) is 0 Å². The van der Waals surface area contributed by atoms with E-state index < -0.39 is 5.97 Å². The smallest absolute Gasteiger partial charge is 0.341 e. The first-order chi connectivity index (χ1) is 8.60. The van der Waals surface area contributed by atoms with Gasteiger partial charge in [-0.15, -0.1) is 0 Å². The van der Waals surface area contributed by atoms with Gasteiger partial charge in [0.15, 0.2) is 5.82 Å². The first kappa shape index (κ1) is 12.0. The summed E-state index contributed by atoms with van der Waals surface area (Å²) in [6.45, 7) is 3.80. The van der Waals surface area contributed by atoms with Crippen molar-refractivity contribution in [1.82, 2.24) is 19.7 Å². The van der Waals surface area contributed by atoms with Crippen molar-refractivity contribution in [3.05, 3.63) is 29.8 Å². The molecule has 94 valence electrons. The van der Waals surface area contributed by atoms with Gasteiger partial charge in [0.25, 0.3) is 0 Å². The van der Waals surface area contributed by atoms with E-state index >= 15 is 0 Å². The molecule has 7 heteroatoms. The van der Waals surface area contributed by atoms with Crippen LogP contribution < -0.4 is 5.73 Å². The topological polar surface area (TPSA) is 95.9 Å². The molecule has 0 spiro atoms. The molecule has 2 aromatic heterocycles. The van der Waals surface area contributed by atoms with Crippen molar-refractivity contribution in [2.45, 2.75) is 13.8 Å². The number of nitrogens with two attached hydrogens (primary N) is 1. The zero-order valence-corrected chi connectivity index (χ0v) is 10.1. The Bertz CT molecular complexity index is 558. The predicted octanol–water partition coefficient (Wildman–Crippen LogP) is 0.730. The largest absolute Gasteiger partial charge is 0.462 e. The summed E-state index contributed by atoms with van der Waals surface area (Å²) >= 11 is 0. The third-order valence-electron chi connectivity index (χ3n) is 2.17. The van der Waals surface area contributed by atoms with Crippen LogP contribution in [-0.4, -0.2) is 32.3 Å². The molecule has 0 aromatic carbocycles. The number of aryl methyl sites for hydroxylation is 1. The van der Waals surface area contributed by atoms with Gasteiger partial charge in [0.05, 0.1) is 18.4 Å². The van der Waals surface area contributed by atoms with Crippen molar-refractivity contribution >= 4 is 11.8 Å². The molecule has 7 nitrogen and oxygen atoms in total. The Morgan fingerprint density at radius 2 is 2.28 bits per heavy atom. The van der Waals surface area contributed by atoms with E-state index in [9.17, 15) is 4.79 Å². The molecule has 0 atom stereocenters. The molecule has 0 saturated heterocycles. The molecule has 0 saturated carbocycles. The number of anilines is 1. The van der Waals surface area contributed by atoms with Crippen LogP contribution in [0.25, 0.3) is 5.82 Å². The molecule has 0 bridgehead atoms. The van der Waals surface area contributed by atoms with E-state index in [-0.39, 0.29) is 0 Å². The lowest BCUT2D eigenvalue weighted by Crippen LogP contribution is -2.05. The van der Waals surface area contributed by atoms with Gasteiger partial charge in [-0.25, -0.2) is 19.4 Å². The fraction of sp³-hybridized carbons (Fsp3) is 0.273. The molecule has 0 aliphatic carbocycles. The average Bonchev–Trinajstić information content (AvgIpc) is 2.77. The van der Waals surface area contributed by atoms with Gasteiger partial charge in [-0.05, 0) is 13.8 Å². The van der Waals surface area contributed by atoms with E-state index in [1.165, 1.54) is 10.9 Å². The maximum Gasteiger partial charge on any atom is 0.341 e. The van der Waals surface area contributed by atoms with E-state index in [2.05, 4.69) is 15.1 Å². The van der Waals surface area contributed by atoms with E-state index in [0.29, 0.717) is 29.6 Å². The van der Waals surface area contributed by atoms with Crippen LogP contribution in [0.2, 0.25) is 0 Å². The number of hydrogen-bond donors (Lipinski definition) is 1. The molecule has 0 aliphatic heterocycles. The monoisotopic (exact) mass is 247 g/mol. The first-order valence-electron chi connectivity index (χ1n) is 5.43. The minimum absolute atomic E-state index is 0.323. The third kappa shape index (κ3) is 2.45. The van der Waals surface area contributed by atoms with Gasteiger partial charge in [-0.2, -0.15) is 5.10 Å². The molecule has 2 aromatic rings. The molecule has 0 fully saturated rings. The van der Waals surface area contributed by atoms with Gasteiger partial charge in [0.2, 0.25) is 0 Å². The molecule has 2 heterocycles. The molecule has 0 aliphatic rings. The SMILES string of the molecule is CCOC(=O)c1cnn(-c2cc(N)nc(C)n2)c1. The second-order valence-electron chi connectivity index (χ2n) is 3.59. The zero-order valence-electron chi connectivity index (χ0n) is 10.1. The van der Waals surface area contributed by atoms with Crippen molar-refractivity contribution in [2.75, 3.05) is 12.3 Å². The molecule has 0 unspecified atom stereocenters. The lowest BCUT2D eigenvalue weighted by molar-refractivity contribution is 0.0526. The zero-order chi connectivity index (χ0) is 13.1. The lowest BCUT2D eigenvalue weighted by atomic mass is 10.4.